The number of carbonyl (C=O) groups is 2. The molecular weight excluding hydrogens is 518 g/mol. The van der Waals surface area contributed by atoms with Crippen molar-refractivity contribution in [3.63, 3.8) is 0 Å². The molecule has 0 atom stereocenters. The Labute approximate surface area is 228 Å². The van der Waals surface area contributed by atoms with Gasteiger partial charge in [-0.25, -0.2) is 15.0 Å². The molecule has 0 unspecified atom stereocenters. The summed E-state index contributed by atoms with van der Waals surface area (Å²) in [5.74, 6) is 0.584. The van der Waals surface area contributed by atoms with Crippen molar-refractivity contribution in [2.24, 2.45) is 0 Å². The van der Waals surface area contributed by atoms with Crippen LogP contribution in [0.1, 0.15) is 26.2 Å². The fraction of sp³-hybridized carbons (Fsp3) is 0.286. The summed E-state index contributed by atoms with van der Waals surface area (Å²) >= 11 is 2.97. The summed E-state index contributed by atoms with van der Waals surface area (Å²) in [6.07, 6.45) is 6.71. The molecule has 5 heterocycles. The number of hydrazine groups is 1. The smallest absolute Gasteiger partial charge is 0.276 e. The van der Waals surface area contributed by atoms with E-state index in [0.29, 0.717) is 23.0 Å². The molecule has 0 bridgehead atoms. The topological polar surface area (TPSA) is 78.9 Å². The zero-order valence-electron chi connectivity index (χ0n) is 21.0. The number of carbonyl (C=O) groups excluding carboxylic acids is 2. The Bertz CT molecular complexity index is 1500. The summed E-state index contributed by atoms with van der Waals surface area (Å²) in [6.45, 7) is 5.61. The number of amides is 2. The maximum absolute atomic E-state index is 13.0. The van der Waals surface area contributed by atoms with Crippen LogP contribution in [0.5, 0.6) is 5.75 Å². The van der Waals surface area contributed by atoms with Crippen LogP contribution in [0.3, 0.4) is 0 Å². The summed E-state index contributed by atoms with van der Waals surface area (Å²) in [6, 6.07) is 13.9. The predicted molar refractivity (Wildman–Crippen MR) is 151 cm³/mol. The van der Waals surface area contributed by atoms with Gasteiger partial charge in [0.15, 0.2) is 5.82 Å². The molecular formula is C28H27N5O3S2. The quantitative estimate of drug-likeness (QED) is 0.265. The number of nitrogens with zero attached hydrogens (tertiary/aromatic N) is 5. The van der Waals surface area contributed by atoms with Crippen LogP contribution in [-0.2, 0) is 9.59 Å². The van der Waals surface area contributed by atoms with Gasteiger partial charge in [-0.15, -0.1) is 22.7 Å². The monoisotopic (exact) mass is 545 g/mol. The normalized spacial score (nSPS) is 16.3. The molecule has 2 aliphatic heterocycles. The summed E-state index contributed by atoms with van der Waals surface area (Å²) in [7, 11) is 0. The highest BCUT2D eigenvalue weighted by Crippen LogP contribution is 2.41. The Hall–Kier alpha value is -3.60. The number of benzene rings is 1. The van der Waals surface area contributed by atoms with E-state index in [0.717, 1.165) is 51.0 Å². The lowest BCUT2D eigenvalue weighted by molar-refractivity contribution is -0.137. The van der Waals surface area contributed by atoms with Gasteiger partial charge in [-0.3, -0.25) is 14.5 Å². The maximum atomic E-state index is 13.0. The molecule has 1 saturated heterocycles. The SMILES string of the molecule is CC1=CC(=O)N(N(c2ccc(-c3ccc(OCCN4CCCCC4)cc3)s2)c2ncnc3sccc23)C1=O. The summed E-state index contributed by atoms with van der Waals surface area (Å²) in [5.41, 5.74) is 1.42. The Balaban J connectivity index is 1.24. The molecule has 0 saturated carbocycles. The average molecular weight is 546 g/mol. The van der Waals surface area contributed by atoms with Gasteiger partial charge in [-0.1, -0.05) is 6.42 Å². The number of piperidine rings is 1. The molecule has 194 valence electrons. The standard InChI is InChI=1S/C28H27N5O3S2/c1-19-17-24(34)32(28(19)35)33(26-22-11-16-37-27(22)30-18-29-26)25-10-9-23(38-25)20-5-7-21(8-6-20)36-15-14-31-12-3-2-4-13-31/h5-11,16-18H,2-4,12-15H2,1H3. The van der Waals surface area contributed by atoms with Crippen LogP contribution in [0.2, 0.25) is 0 Å². The van der Waals surface area contributed by atoms with Gasteiger partial charge in [0, 0.05) is 23.1 Å². The minimum Gasteiger partial charge on any atom is -0.492 e. The van der Waals surface area contributed by atoms with Crippen LogP contribution in [0.15, 0.2) is 65.8 Å². The molecule has 1 aromatic carbocycles. The number of hydrogen-bond donors (Lipinski definition) is 0. The van der Waals surface area contributed by atoms with Gasteiger partial charge >= 0.3 is 0 Å². The average Bonchev–Trinajstić information content (AvgIpc) is 3.67. The second-order valence-corrected chi connectivity index (χ2v) is 11.3. The Morgan fingerprint density at radius 1 is 1.00 bits per heavy atom. The molecule has 0 aliphatic carbocycles. The van der Waals surface area contributed by atoms with E-state index in [1.165, 1.54) is 54.3 Å². The molecule has 38 heavy (non-hydrogen) atoms. The fourth-order valence-electron chi connectivity index (χ4n) is 4.80. The molecule has 10 heteroatoms. The van der Waals surface area contributed by atoms with Gasteiger partial charge in [0.1, 0.15) is 28.5 Å². The van der Waals surface area contributed by atoms with Crippen molar-refractivity contribution >= 4 is 55.5 Å². The lowest BCUT2D eigenvalue weighted by Crippen LogP contribution is -2.44. The van der Waals surface area contributed by atoms with Crippen LogP contribution in [0, 0.1) is 0 Å². The molecule has 0 N–H and O–H groups in total. The van der Waals surface area contributed by atoms with Gasteiger partial charge in [0.05, 0.1) is 5.39 Å². The molecule has 0 radical (unpaired) electrons. The molecule has 4 aromatic rings. The summed E-state index contributed by atoms with van der Waals surface area (Å²) in [4.78, 5) is 39.0. The summed E-state index contributed by atoms with van der Waals surface area (Å²) < 4.78 is 5.99. The lowest BCUT2D eigenvalue weighted by atomic mass is 10.1. The van der Waals surface area contributed by atoms with E-state index < -0.39 is 5.91 Å². The zero-order valence-corrected chi connectivity index (χ0v) is 22.6. The zero-order chi connectivity index (χ0) is 26.1. The first kappa shape index (κ1) is 24.7. The third kappa shape index (κ3) is 4.82. The molecule has 1 fully saturated rings. The second-order valence-electron chi connectivity index (χ2n) is 9.34. The Morgan fingerprint density at radius 3 is 2.58 bits per heavy atom. The predicted octanol–water partition coefficient (Wildman–Crippen LogP) is 5.65. The van der Waals surface area contributed by atoms with E-state index in [1.54, 1.807) is 11.9 Å². The van der Waals surface area contributed by atoms with Crippen molar-refractivity contribution in [1.29, 1.82) is 0 Å². The Morgan fingerprint density at radius 2 is 1.82 bits per heavy atom. The highest BCUT2D eigenvalue weighted by molar-refractivity contribution is 7.19. The minimum atomic E-state index is -0.393. The van der Waals surface area contributed by atoms with Gasteiger partial charge in [-0.2, -0.15) is 5.01 Å². The van der Waals surface area contributed by atoms with Crippen LogP contribution in [0.4, 0.5) is 10.8 Å². The van der Waals surface area contributed by atoms with Crippen molar-refractivity contribution in [1.82, 2.24) is 19.9 Å². The van der Waals surface area contributed by atoms with Crippen molar-refractivity contribution in [2.45, 2.75) is 26.2 Å². The molecule has 3 aromatic heterocycles. The van der Waals surface area contributed by atoms with Crippen LogP contribution in [-0.4, -0.2) is 57.9 Å². The molecule has 2 amide bonds. The number of likely N-dealkylation sites (tertiary alicyclic amines) is 1. The largest absolute Gasteiger partial charge is 0.492 e. The lowest BCUT2D eigenvalue weighted by Gasteiger charge is -2.30. The first-order valence-electron chi connectivity index (χ1n) is 12.7. The number of imide groups is 1. The number of fused-ring (bicyclic) bond motifs is 1. The van der Waals surface area contributed by atoms with Gasteiger partial charge < -0.3 is 4.74 Å². The van der Waals surface area contributed by atoms with Gasteiger partial charge in [0.25, 0.3) is 11.8 Å². The minimum absolute atomic E-state index is 0.363. The van der Waals surface area contributed by atoms with Crippen molar-refractivity contribution in [2.75, 3.05) is 31.3 Å². The Kier molecular flexibility index (Phi) is 6.92. The third-order valence-corrected chi connectivity index (χ3v) is 8.71. The van der Waals surface area contributed by atoms with Crippen molar-refractivity contribution in [3.8, 4) is 16.2 Å². The van der Waals surface area contributed by atoms with E-state index in [4.69, 9.17) is 4.74 Å². The van der Waals surface area contributed by atoms with E-state index in [-0.39, 0.29) is 5.91 Å². The third-order valence-electron chi connectivity index (χ3n) is 6.78. The molecule has 8 nitrogen and oxygen atoms in total. The van der Waals surface area contributed by atoms with Gasteiger partial charge in [0.2, 0.25) is 0 Å². The van der Waals surface area contributed by atoms with Crippen LogP contribution < -0.4 is 9.75 Å². The number of thiophene rings is 2. The first-order chi connectivity index (χ1) is 18.6. The number of rotatable bonds is 8. The van der Waals surface area contributed by atoms with Gasteiger partial charge in [-0.05, 0) is 86.3 Å². The molecule has 6 rings (SSSR count). The van der Waals surface area contributed by atoms with Crippen molar-refractivity contribution < 1.29 is 14.3 Å². The number of aromatic nitrogens is 2. The van der Waals surface area contributed by atoms with E-state index in [9.17, 15) is 9.59 Å². The molecule has 2 aliphatic rings. The molecule has 0 spiro atoms. The fourth-order valence-corrected chi connectivity index (χ4v) is 6.53. The highest BCUT2D eigenvalue weighted by atomic mass is 32.1. The highest BCUT2D eigenvalue weighted by Gasteiger charge is 2.37. The van der Waals surface area contributed by atoms with E-state index >= 15 is 0 Å². The van der Waals surface area contributed by atoms with E-state index in [1.807, 2.05) is 47.8 Å². The first-order valence-corrected chi connectivity index (χ1v) is 14.4. The van der Waals surface area contributed by atoms with Crippen LogP contribution >= 0.6 is 22.7 Å². The van der Waals surface area contributed by atoms with Crippen molar-refractivity contribution in [3.05, 3.63) is 65.8 Å². The number of ether oxygens (including phenoxy) is 1. The van der Waals surface area contributed by atoms with Crippen LogP contribution in [0.25, 0.3) is 20.7 Å². The number of anilines is 2. The number of hydrogen-bond acceptors (Lipinski definition) is 9. The van der Waals surface area contributed by atoms with E-state index in [2.05, 4.69) is 14.9 Å². The second kappa shape index (κ2) is 10.6. The maximum Gasteiger partial charge on any atom is 0.276 e. The summed E-state index contributed by atoms with van der Waals surface area (Å²) in [5, 5.41) is 6.18.